The first kappa shape index (κ1) is 12.0. The molecular weight excluding hydrogens is 178 g/mol. The van der Waals surface area contributed by atoms with Crippen molar-refractivity contribution in [3.05, 3.63) is 0 Å². The van der Waals surface area contributed by atoms with Crippen LogP contribution in [0.4, 0.5) is 0 Å². The largest absolute Gasteiger partial charge is 0.392 e. The molecule has 0 saturated carbocycles. The zero-order chi connectivity index (χ0) is 10.8. The van der Waals surface area contributed by atoms with E-state index in [-0.39, 0.29) is 17.8 Å². The second-order valence-corrected chi connectivity index (χ2v) is 5.24. The van der Waals surface area contributed by atoms with Crippen LogP contribution < -0.4 is 0 Å². The van der Waals surface area contributed by atoms with E-state index in [9.17, 15) is 5.11 Å². The molecule has 1 saturated heterocycles. The van der Waals surface area contributed by atoms with Gasteiger partial charge in [-0.1, -0.05) is 0 Å². The van der Waals surface area contributed by atoms with Crippen LogP contribution in [0.2, 0.25) is 0 Å². The molecule has 1 rings (SSSR count). The van der Waals surface area contributed by atoms with E-state index in [0.29, 0.717) is 0 Å². The van der Waals surface area contributed by atoms with Crippen LogP contribution in [0.25, 0.3) is 0 Å². The highest BCUT2D eigenvalue weighted by Gasteiger charge is 2.23. The molecule has 0 aliphatic carbocycles. The van der Waals surface area contributed by atoms with Gasteiger partial charge >= 0.3 is 0 Å². The lowest BCUT2D eigenvalue weighted by atomic mass is 10.2. The summed E-state index contributed by atoms with van der Waals surface area (Å²) in [6.45, 7) is 11.0. The Labute approximate surface area is 87.1 Å². The third-order valence-electron chi connectivity index (χ3n) is 2.32. The first-order chi connectivity index (χ1) is 6.37. The van der Waals surface area contributed by atoms with Gasteiger partial charge in [0, 0.05) is 19.6 Å². The van der Waals surface area contributed by atoms with E-state index >= 15 is 0 Å². The number of ether oxygens (including phenoxy) is 1. The van der Waals surface area contributed by atoms with Crippen LogP contribution in [0.15, 0.2) is 0 Å². The van der Waals surface area contributed by atoms with Crippen LogP contribution in [0.5, 0.6) is 0 Å². The number of β-amino-alcohol motifs (C(OH)–C–C–N with tert-alkyl or cyclic N) is 1. The summed E-state index contributed by atoms with van der Waals surface area (Å²) < 4.78 is 5.81. The van der Waals surface area contributed by atoms with E-state index in [4.69, 9.17) is 4.74 Å². The van der Waals surface area contributed by atoms with E-state index in [1.165, 1.54) is 0 Å². The molecule has 1 aliphatic heterocycles. The molecule has 0 amide bonds. The lowest BCUT2D eigenvalue weighted by Gasteiger charge is -2.28. The first-order valence-corrected chi connectivity index (χ1v) is 5.45. The molecule has 3 heteroatoms. The van der Waals surface area contributed by atoms with Crippen molar-refractivity contribution in [3.8, 4) is 0 Å². The van der Waals surface area contributed by atoms with Gasteiger partial charge in [0.15, 0.2) is 0 Å². The van der Waals surface area contributed by atoms with Crippen LogP contribution in [-0.2, 0) is 4.74 Å². The number of aliphatic hydroxyl groups is 1. The third kappa shape index (κ3) is 4.40. The Morgan fingerprint density at radius 3 is 2.57 bits per heavy atom. The summed E-state index contributed by atoms with van der Waals surface area (Å²) in [5.74, 6) is 0. The van der Waals surface area contributed by atoms with Crippen molar-refractivity contribution in [2.75, 3.05) is 19.6 Å². The molecule has 0 aromatic heterocycles. The van der Waals surface area contributed by atoms with E-state index in [1.807, 2.05) is 0 Å². The number of nitrogens with zero attached hydrogens (tertiary/aromatic N) is 1. The van der Waals surface area contributed by atoms with Crippen LogP contribution in [-0.4, -0.2) is 47.4 Å². The van der Waals surface area contributed by atoms with Gasteiger partial charge in [-0.2, -0.15) is 0 Å². The minimum Gasteiger partial charge on any atom is -0.392 e. The van der Waals surface area contributed by atoms with Crippen LogP contribution in [0.3, 0.4) is 0 Å². The molecule has 1 heterocycles. The summed E-state index contributed by atoms with van der Waals surface area (Å²) in [6.07, 6.45) is 1.01. The maximum Gasteiger partial charge on any atom is 0.0681 e. The van der Waals surface area contributed by atoms with Gasteiger partial charge < -0.3 is 9.84 Å². The molecule has 0 aromatic rings. The van der Waals surface area contributed by atoms with Gasteiger partial charge in [-0.25, -0.2) is 0 Å². The average Bonchev–Trinajstić information content (AvgIpc) is 2.30. The fourth-order valence-electron chi connectivity index (χ4n) is 1.98. The van der Waals surface area contributed by atoms with Crippen LogP contribution in [0.1, 0.15) is 34.1 Å². The van der Waals surface area contributed by atoms with Gasteiger partial charge in [-0.3, -0.25) is 4.90 Å². The van der Waals surface area contributed by atoms with Gasteiger partial charge in [-0.15, -0.1) is 0 Å². The highest BCUT2D eigenvalue weighted by atomic mass is 16.5. The zero-order valence-electron chi connectivity index (χ0n) is 9.79. The lowest BCUT2D eigenvalue weighted by molar-refractivity contribution is -0.0616. The third-order valence-corrected chi connectivity index (χ3v) is 2.32. The molecule has 14 heavy (non-hydrogen) atoms. The minimum absolute atomic E-state index is 0.0717. The van der Waals surface area contributed by atoms with Crippen molar-refractivity contribution in [3.63, 3.8) is 0 Å². The van der Waals surface area contributed by atoms with Gasteiger partial charge in [0.25, 0.3) is 0 Å². The summed E-state index contributed by atoms with van der Waals surface area (Å²) in [4.78, 5) is 2.26. The van der Waals surface area contributed by atoms with Crippen molar-refractivity contribution in [2.45, 2.75) is 51.9 Å². The number of aliphatic hydroxyl groups excluding tert-OH is 1. The van der Waals surface area contributed by atoms with Crippen molar-refractivity contribution in [1.29, 1.82) is 0 Å². The SMILES string of the molecule is C[C@H](CN1CC[C@H](O)C1)OC(C)(C)C. The highest BCUT2D eigenvalue weighted by molar-refractivity contribution is 4.76. The molecule has 0 bridgehead atoms. The number of hydrogen-bond donors (Lipinski definition) is 1. The zero-order valence-corrected chi connectivity index (χ0v) is 9.79. The summed E-state index contributed by atoms with van der Waals surface area (Å²) in [7, 11) is 0. The lowest BCUT2D eigenvalue weighted by Crippen LogP contribution is -2.35. The van der Waals surface area contributed by atoms with E-state index in [2.05, 4.69) is 32.6 Å². The Balaban J connectivity index is 2.24. The molecule has 1 aliphatic rings. The number of rotatable bonds is 3. The molecule has 0 unspecified atom stereocenters. The smallest absolute Gasteiger partial charge is 0.0681 e. The normalized spacial score (nSPS) is 26.8. The minimum atomic E-state index is -0.128. The van der Waals surface area contributed by atoms with Gasteiger partial charge in [-0.05, 0) is 34.1 Å². The van der Waals surface area contributed by atoms with Crippen molar-refractivity contribution >= 4 is 0 Å². The Hall–Kier alpha value is -0.120. The molecule has 3 nitrogen and oxygen atoms in total. The molecule has 1 N–H and O–H groups in total. The average molecular weight is 201 g/mol. The first-order valence-electron chi connectivity index (χ1n) is 5.45. The molecule has 0 radical (unpaired) electrons. The Morgan fingerprint density at radius 2 is 2.14 bits per heavy atom. The van der Waals surface area contributed by atoms with Gasteiger partial charge in [0.05, 0.1) is 17.8 Å². The molecule has 1 fully saturated rings. The topological polar surface area (TPSA) is 32.7 Å². The maximum atomic E-state index is 9.36. The highest BCUT2D eigenvalue weighted by Crippen LogP contribution is 2.14. The van der Waals surface area contributed by atoms with Gasteiger partial charge in [0.1, 0.15) is 0 Å². The van der Waals surface area contributed by atoms with E-state index < -0.39 is 0 Å². The second-order valence-electron chi connectivity index (χ2n) is 5.24. The summed E-state index contributed by atoms with van der Waals surface area (Å²) in [5, 5.41) is 9.36. The predicted octanol–water partition coefficient (Wildman–Crippen LogP) is 1.26. The molecular formula is C11H23NO2. The molecule has 84 valence electrons. The van der Waals surface area contributed by atoms with Crippen molar-refractivity contribution in [1.82, 2.24) is 4.90 Å². The quantitative estimate of drug-likeness (QED) is 0.746. The Bertz CT molecular complexity index is 177. The Kier molecular flexibility index (Phi) is 3.93. The predicted molar refractivity (Wildman–Crippen MR) is 57.4 cm³/mol. The van der Waals surface area contributed by atoms with Crippen molar-refractivity contribution in [2.24, 2.45) is 0 Å². The fraction of sp³-hybridized carbons (Fsp3) is 1.00. The number of likely N-dealkylation sites (tertiary alicyclic amines) is 1. The summed E-state index contributed by atoms with van der Waals surface area (Å²) >= 11 is 0. The van der Waals surface area contributed by atoms with E-state index in [0.717, 1.165) is 26.1 Å². The van der Waals surface area contributed by atoms with Crippen molar-refractivity contribution < 1.29 is 9.84 Å². The molecule has 0 spiro atoms. The van der Waals surface area contributed by atoms with Crippen LogP contribution >= 0.6 is 0 Å². The number of hydrogen-bond acceptors (Lipinski definition) is 3. The maximum absolute atomic E-state index is 9.36. The molecule has 2 atom stereocenters. The standard InChI is InChI=1S/C11H23NO2/c1-9(14-11(2,3)4)7-12-6-5-10(13)8-12/h9-10,13H,5-8H2,1-4H3/t9-,10+/m1/s1. The van der Waals surface area contributed by atoms with E-state index in [1.54, 1.807) is 0 Å². The van der Waals surface area contributed by atoms with Crippen LogP contribution in [0, 0.1) is 0 Å². The Morgan fingerprint density at radius 1 is 1.50 bits per heavy atom. The molecule has 0 aromatic carbocycles. The summed E-state index contributed by atoms with van der Waals surface area (Å²) in [6, 6.07) is 0. The second kappa shape index (κ2) is 4.60. The monoisotopic (exact) mass is 201 g/mol. The summed E-state index contributed by atoms with van der Waals surface area (Å²) in [5.41, 5.74) is -0.0717. The van der Waals surface area contributed by atoms with Gasteiger partial charge in [0.2, 0.25) is 0 Å². The fourth-order valence-corrected chi connectivity index (χ4v) is 1.98.